The van der Waals surface area contributed by atoms with Crippen LogP contribution in [0.2, 0.25) is 0 Å². The first-order chi connectivity index (χ1) is 19.4. The van der Waals surface area contributed by atoms with Crippen LogP contribution < -0.4 is 16.0 Å². The third-order valence-electron chi connectivity index (χ3n) is 6.86. The van der Waals surface area contributed by atoms with Gasteiger partial charge in [0, 0.05) is 61.6 Å². The standard InChI is InChI=1S/C31H31N7O2/c1-21(39)20-37-12-14-38(15-13-37)28-10-9-26(17-25(28)18-32)35-31-34-19-24-6-3-7-27(30(24)36-31)23-5-2-4-22(16-23)8-11-29(33)40/h2-11,16-17,19,21,39H,12-15,20H2,1H3,(H2,33,40)(H,34,35,36). The van der Waals surface area contributed by atoms with Gasteiger partial charge in [-0.05, 0) is 48.4 Å². The first kappa shape index (κ1) is 26.8. The Morgan fingerprint density at radius 3 is 2.70 bits per heavy atom. The molecule has 5 rings (SSSR count). The number of primary amides is 1. The summed E-state index contributed by atoms with van der Waals surface area (Å²) in [6.45, 7) is 5.73. The molecule has 0 aliphatic carbocycles. The molecule has 9 heteroatoms. The Hall–Kier alpha value is -4.78. The first-order valence-corrected chi connectivity index (χ1v) is 13.2. The number of nitrogens with zero attached hydrogens (tertiary/aromatic N) is 5. The van der Waals surface area contributed by atoms with Crippen LogP contribution >= 0.6 is 0 Å². The van der Waals surface area contributed by atoms with Gasteiger partial charge in [-0.25, -0.2) is 9.97 Å². The van der Waals surface area contributed by atoms with Gasteiger partial charge >= 0.3 is 0 Å². The van der Waals surface area contributed by atoms with Gasteiger partial charge in [-0.15, -0.1) is 0 Å². The molecule has 1 aliphatic rings. The smallest absolute Gasteiger partial charge is 0.241 e. The molecule has 1 atom stereocenters. The predicted molar refractivity (Wildman–Crippen MR) is 158 cm³/mol. The number of aromatic nitrogens is 2. The molecule has 1 aliphatic heterocycles. The number of aliphatic hydroxyl groups is 1. The number of nitrogens with one attached hydrogen (secondary N) is 1. The molecule has 2 heterocycles. The number of nitrogens with two attached hydrogens (primary N) is 1. The Balaban J connectivity index is 1.38. The molecular formula is C31H31N7O2. The molecular weight excluding hydrogens is 502 g/mol. The van der Waals surface area contributed by atoms with E-state index in [2.05, 4.69) is 26.2 Å². The quantitative estimate of drug-likeness (QED) is 0.291. The lowest BCUT2D eigenvalue weighted by Gasteiger charge is -2.37. The van der Waals surface area contributed by atoms with Gasteiger partial charge in [-0.3, -0.25) is 9.69 Å². The maximum Gasteiger partial charge on any atom is 0.241 e. The number of hydrogen-bond donors (Lipinski definition) is 3. The fourth-order valence-electron chi connectivity index (χ4n) is 4.99. The fraction of sp³-hybridized carbons (Fsp3) is 0.226. The minimum absolute atomic E-state index is 0.351. The molecule has 40 heavy (non-hydrogen) atoms. The van der Waals surface area contributed by atoms with E-state index in [4.69, 9.17) is 10.7 Å². The molecule has 4 N–H and O–H groups in total. The highest BCUT2D eigenvalue weighted by Gasteiger charge is 2.20. The molecule has 1 unspecified atom stereocenters. The molecule has 1 fully saturated rings. The van der Waals surface area contributed by atoms with E-state index >= 15 is 0 Å². The van der Waals surface area contributed by atoms with Gasteiger partial charge in [0.05, 0.1) is 22.9 Å². The number of nitriles is 1. The number of anilines is 3. The number of carbonyl (C=O) groups excluding carboxylic acids is 1. The highest BCUT2D eigenvalue weighted by atomic mass is 16.3. The van der Waals surface area contributed by atoms with Gasteiger partial charge < -0.3 is 21.1 Å². The molecule has 0 spiro atoms. The van der Waals surface area contributed by atoms with Gasteiger partial charge in [0.2, 0.25) is 11.9 Å². The molecule has 0 bridgehead atoms. The van der Waals surface area contributed by atoms with Crippen molar-refractivity contribution in [1.82, 2.24) is 14.9 Å². The predicted octanol–water partition coefficient (Wildman–Crippen LogP) is 3.91. The number of hydrogen-bond acceptors (Lipinski definition) is 8. The second kappa shape index (κ2) is 11.9. The van der Waals surface area contributed by atoms with Crippen molar-refractivity contribution in [2.24, 2.45) is 5.73 Å². The molecule has 0 radical (unpaired) electrons. The summed E-state index contributed by atoms with van der Waals surface area (Å²) in [7, 11) is 0. The average Bonchev–Trinajstić information content (AvgIpc) is 2.96. The van der Waals surface area contributed by atoms with E-state index in [0.717, 1.165) is 65.1 Å². The van der Waals surface area contributed by atoms with Crippen molar-refractivity contribution < 1.29 is 9.90 Å². The normalized spacial score (nSPS) is 14.8. The first-order valence-electron chi connectivity index (χ1n) is 13.2. The minimum Gasteiger partial charge on any atom is -0.392 e. The van der Waals surface area contributed by atoms with Gasteiger partial charge in [0.25, 0.3) is 0 Å². The monoisotopic (exact) mass is 533 g/mol. The van der Waals surface area contributed by atoms with Crippen LogP contribution in [0.15, 0.2) is 72.9 Å². The number of amides is 1. The second-order valence-corrected chi connectivity index (χ2v) is 9.90. The van der Waals surface area contributed by atoms with Gasteiger partial charge in [-0.2, -0.15) is 5.26 Å². The SMILES string of the molecule is CC(O)CN1CCN(c2ccc(Nc3ncc4cccc(-c5cccc(C=CC(N)=O)c5)c4n3)cc2C#N)CC1. The zero-order chi connectivity index (χ0) is 28.1. The topological polar surface area (TPSA) is 131 Å². The third-order valence-corrected chi connectivity index (χ3v) is 6.86. The molecule has 1 saturated heterocycles. The average molecular weight is 534 g/mol. The van der Waals surface area contributed by atoms with Crippen LogP contribution in [-0.4, -0.2) is 64.7 Å². The van der Waals surface area contributed by atoms with Gasteiger partial charge in [0.1, 0.15) is 6.07 Å². The summed E-state index contributed by atoms with van der Waals surface area (Å²) in [5.41, 5.74) is 11.0. The van der Waals surface area contributed by atoms with Crippen LogP contribution in [0.4, 0.5) is 17.3 Å². The fourth-order valence-corrected chi connectivity index (χ4v) is 4.99. The Kier molecular flexibility index (Phi) is 8.01. The van der Waals surface area contributed by atoms with Crippen molar-refractivity contribution in [2.45, 2.75) is 13.0 Å². The molecule has 3 aromatic carbocycles. The Morgan fingerprint density at radius 2 is 1.95 bits per heavy atom. The Labute approximate surface area is 233 Å². The minimum atomic E-state index is -0.498. The number of carbonyl (C=O) groups is 1. The van der Waals surface area contributed by atoms with E-state index in [1.807, 2.05) is 60.7 Å². The van der Waals surface area contributed by atoms with E-state index in [1.54, 1.807) is 19.2 Å². The highest BCUT2D eigenvalue weighted by molar-refractivity contribution is 5.95. The number of rotatable bonds is 8. The van der Waals surface area contributed by atoms with Crippen molar-refractivity contribution >= 4 is 40.2 Å². The lowest BCUT2D eigenvalue weighted by atomic mass is 10.0. The molecule has 202 valence electrons. The second-order valence-electron chi connectivity index (χ2n) is 9.90. The van der Waals surface area contributed by atoms with Crippen molar-refractivity contribution in [3.05, 3.63) is 84.1 Å². The van der Waals surface area contributed by atoms with E-state index in [0.29, 0.717) is 18.1 Å². The zero-order valence-corrected chi connectivity index (χ0v) is 22.3. The summed E-state index contributed by atoms with van der Waals surface area (Å²) >= 11 is 0. The van der Waals surface area contributed by atoms with Crippen LogP contribution in [0, 0.1) is 11.3 Å². The van der Waals surface area contributed by atoms with Crippen molar-refractivity contribution in [3.63, 3.8) is 0 Å². The van der Waals surface area contributed by atoms with E-state index < -0.39 is 5.91 Å². The van der Waals surface area contributed by atoms with Crippen LogP contribution in [0.5, 0.6) is 0 Å². The highest BCUT2D eigenvalue weighted by Crippen LogP contribution is 2.30. The summed E-state index contributed by atoms with van der Waals surface area (Å²) in [5.74, 6) is -0.0741. The van der Waals surface area contributed by atoms with Crippen molar-refractivity contribution in [2.75, 3.05) is 42.9 Å². The molecule has 0 saturated carbocycles. The maximum atomic E-state index is 11.2. The maximum absolute atomic E-state index is 11.2. The van der Waals surface area contributed by atoms with Crippen molar-refractivity contribution in [3.8, 4) is 17.2 Å². The van der Waals surface area contributed by atoms with E-state index in [-0.39, 0.29) is 6.10 Å². The Bertz CT molecular complexity index is 1600. The van der Waals surface area contributed by atoms with Crippen LogP contribution in [-0.2, 0) is 4.79 Å². The molecule has 9 nitrogen and oxygen atoms in total. The lowest BCUT2D eigenvalue weighted by Crippen LogP contribution is -2.48. The van der Waals surface area contributed by atoms with E-state index in [1.165, 1.54) is 6.08 Å². The van der Waals surface area contributed by atoms with Gasteiger partial charge in [0.15, 0.2) is 0 Å². The van der Waals surface area contributed by atoms with Crippen molar-refractivity contribution in [1.29, 1.82) is 5.26 Å². The van der Waals surface area contributed by atoms with Gasteiger partial charge in [-0.1, -0.05) is 36.4 Å². The molecule has 1 amide bonds. The number of β-amino-alcohol motifs (C(OH)–C–C–N with tert-alkyl or cyclic N) is 1. The summed E-state index contributed by atoms with van der Waals surface area (Å²) in [6, 6.07) is 21.8. The zero-order valence-electron chi connectivity index (χ0n) is 22.3. The summed E-state index contributed by atoms with van der Waals surface area (Å²) in [4.78, 5) is 24.9. The lowest BCUT2D eigenvalue weighted by molar-refractivity contribution is -0.113. The van der Waals surface area contributed by atoms with Crippen LogP contribution in [0.3, 0.4) is 0 Å². The third kappa shape index (κ3) is 6.26. The summed E-state index contributed by atoms with van der Waals surface area (Å²) in [5, 5.41) is 23.7. The Morgan fingerprint density at radius 1 is 1.15 bits per heavy atom. The van der Waals surface area contributed by atoms with E-state index in [9.17, 15) is 15.2 Å². The molecule has 1 aromatic heterocycles. The number of aliphatic hydroxyl groups excluding tert-OH is 1. The largest absolute Gasteiger partial charge is 0.392 e. The van der Waals surface area contributed by atoms with Crippen LogP contribution in [0.1, 0.15) is 18.1 Å². The number of benzene rings is 3. The van der Waals surface area contributed by atoms with Crippen LogP contribution in [0.25, 0.3) is 28.1 Å². The summed E-state index contributed by atoms with van der Waals surface area (Å²) < 4.78 is 0. The number of piperazine rings is 1. The molecule has 4 aromatic rings. The number of para-hydroxylation sites is 1. The summed E-state index contributed by atoms with van der Waals surface area (Å²) in [6.07, 6.45) is 4.45. The number of fused-ring (bicyclic) bond motifs is 1.